The maximum atomic E-state index is 5.12. The lowest BCUT2D eigenvalue weighted by Crippen LogP contribution is -1.92. The fraction of sp³-hybridized carbons (Fsp3) is 0.250. The third-order valence-electron chi connectivity index (χ3n) is 1.43. The van der Waals surface area contributed by atoms with Gasteiger partial charge in [-0.15, -0.1) is 0 Å². The zero-order valence-corrected chi connectivity index (χ0v) is 8.10. The summed E-state index contributed by atoms with van der Waals surface area (Å²) >= 11 is 3.36. The second-order valence-corrected chi connectivity index (χ2v) is 3.01. The number of hydrogen-bond donors (Lipinski definition) is 1. The van der Waals surface area contributed by atoms with Gasteiger partial charge in [0.15, 0.2) is 0 Å². The van der Waals surface area contributed by atoms with Gasteiger partial charge in [-0.05, 0) is 18.2 Å². The van der Waals surface area contributed by atoms with Crippen molar-refractivity contribution in [2.24, 2.45) is 0 Å². The van der Waals surface area contributed by atoms with Crippen LogP contribution in [0, 0.1) is 0 Å². The molecule has 3 heteroatoms. The molecule has 0 aliphatic carbocycles. The minimum absolute atomic E-state index is 0.849. The molecule has 0 amide bonds. The molecule has 0 atom stereocenters. The molecule has 0 unspecified atom stereocenters. The molecule has 1 N–H and O–H groups in total. The predicted octanol–water partition coefficient (Wildman–Crippen LogP) is 2.50. The van der Waals surface area contributed by atoms with Gasteiger partial charge in [0.05, 0.1) is 12.8 Å². The molecule has 1 rings (SSSR count). The van der Waals surface area contributed by atoms with E-state index in [9.17, 15) is 0 Å². The SMILES string of the molecule is CNc1ccc(Br)cc1OC. The number of methoxy groups -OCH3 is 1. The Morgan fingerprint density at radius 2 is 2.18 bits per heavy atom. The van der Waals surface area contributed by atoms with Crippen molar-refractivity contribution in [3.8, 4) is 5.75 Å². The van der Waals surface area contributed by atoms with Crippen molar-refractivity contribution in [2.45, 2.75) is 0 Å². The van der Waals surface area contributed by atoms with Crippen LogP contribution in [0.4, 0.5) is 5.69 Å². The van der Waals surface area contributed by atoms with Crippen LogP contribution in [-0.4, -0.2) is 14.2 Å². The summed E-state index contributed by atoms with van der Waals surface area (Å²) in [5.74, 6) is 0.849. The van der Waals surface area contributed by atoms with E-state index in [2.05, 4.69) is 21.2 Å². The summed E-state index contributed by atoms with van der Waals surface area (Å²) in [6.45, 7) is 0. The Bertz CT molecular complexity index is 250. The molecule has 0 fully saturated rings. The van der Waals surface area contributed by atoms with Crippen molar-refractivity contribution in [2.75, 3.05) is 19.5 Å². The van der Waals surface area contributed by atoms with E-state index in [1.54, 1.807) is 7.11 Å². The van der Waals surface area contributed by atoms with E-state index in [-0.39, 0.29) is 0 Å². The lowest BCUT2D eigenvalue weighted by atomic mass is 10.3. The van der Waals surface area contributed by atoms with E-state index in [1.165, 1.54) is 0 Å². The maximum absolute atomic E-state index is 5.12. The summed E-state index contributed by atoms with van der Waals surface area (Å²) in [4.78, 5) is 0. The van der Waals surface area contributed by atoms with Crippen LogP contribution < -0.4 is 10.1 Å². The average Bonchev–Trinajstić information content (AvgIpc) is 2.04. The molecule has 0 bridgehead atoms. The predicted molar refractivity (Wildman–Crippen MR) is 50.2 cm³/mol. The minimum Gasteiger partial charge on any atom is -0.495 e. The van der Waals surface area contributed by atoms with Crippen molar-refractivity contribution < 1.29 is 4.74 Å². The summed E-state index contributed by atoms with van der Waals surface area (Å²) in [5, 5.41) is 3.03. The van der Waals surface area contributed by atoms with Crippen LogP contribution >= 0.6 is 15.9 Å². The molecule has 0 heterocycles. The van der Waals surface area contributed by atoms with Crippen molar-refractivity contribution >= 4 is 21.6 Å². The van der Waals surface area contributed by atoms with E-state index in [0.29, 0.717) is 0 Å². The topological polar surface area (TPSA) is 21.3 Å². The Hall–Kier alpha value is -0.700. The van der Waals surface area contributed by atoms with Crippen LogP contribution in [-0.2, 0) is 0 Å². The number of halogens is 1. The molecule has 0 saturated heterocycles. The number of nitrogens with one attached hydrogen (secondary N) is 1. The standard InChI is InChI=1S/C8H10BrNO/c1-10-7-4-3-6(9)5-8(7)11-2/h3-5,10H,1-2H3. The second kappa shape index (κ2) is 3.62. The van der Waals surface area contributed by atoms with Crippen LogP contribution in [0.2, 0.25) is 0 Å². The van der Waals surface area contributed by atoms with Crippen molar-refractivity contribution in [3.63, 3.8) is 0 Å². The van der Waals surface area contributed by atoms with Gasteiger partial charge in [0.25, 0.3) is 0 Å². The number of anilines is 1. The Morgan fingerprint density at radius 3 is 2.73 bits per heavy atom. The summed E-state index contributed by atoms with van der Waals surface area (Å²) < 4.78 is 6.15. The number of rotatable bonds is 2. The van der Waals surface area contributed by atoms with Gasteiger partial charge in [-0.2, -0.15) is 0 Å². The van der Waals surface area contributed by atoms with Crippen LogP contribution in [0.3, 0.4) is 0 Å². The van der Waals surface area contributed by atoms with Gasteiger partial charge >= 0.3 is 0 Å². The van der Waals surface area contributed by atoms with Gasteiger partial charge in [-0.3, -0.25) is 0 Å². The van der Waals surface area contributed by atoms with Gasteiger partial charge in [0.2, 0.25) is 0 Å². The molecule has 0 spiro atoms. The highest BCUT2D eigenvalue weighted by molar-refractivity contribution is 9.10. The van der Waals surface area contributed by atoms with E-state index in [0.717, 1.165) is 15.9 Å². The van der Waals surface area contributed by atoms with Gasteiger partial charge in [0.1, 0.15) is 5.75 Å². The molecule has 0 radical (unpaired) electrons. The molecule has 0 aromatic heterocycles. The fourth-order valence-corrected chi connectivity index (χ4v) is 1.21. The molecule has 0 saturated carbocycles. The lowest BCUT2D eigenvalue weighted by Gasteiger charge is -2.07. The number of hydrogen-bond acceptors (Lipinski definition) is 2. The summed E-state index contributed by atoms with van der Waals surface area (Å²) in [5.41, 5.74) is 0.996. The fourth-order valence-electron chi connectivity index (χ4n) is 0.872. The van der Waals surface area contributed by atoms with Gasteiger partial charge in [-0.25, -0.2) is 0 Å². The first-order valence-corrected chi connectivity index (χ1v) is 4.08. The first-order chi connectivity index (χ1) is 5.27. The summed E-state index contributed by atoms with van der Waals surface area (Å²) in [6, 6.07) is 5.85. The van der Waals surface area contributed by atoms with Crippen LogP contribution in [0.1, 0.15) is 0 Å². The van der Waals surface area contributed by atoms with Gasteiger partial charge in [-0.1, -0.05) is 15.9 Å². The molecule has 1 aromatic carbocycles. The van der Waals surface area contributed by atoms with Crippen LogP contribution in [0.5, 0.6) is 5.75 Å². The monoisotopic (exact) mass is 215 g/mol. The summed E-state index contributed by atoms with van der Waals surface area (Å²) in [7, 11) is 3.52. The smallest absolute Gasteiger partial charge is 0.143 e. The van der Waals surface area contributed by atoms with Gasteiger partial charge < -0.3 is 10.1 Å². The molecule has 1 aromatic rings. The summed E-state index contributed by atoms with van der Waals surface area (Å²) in [6.07, 6.45) is 0. The van der Waals surface area contributed by atoms with Crippen molar-refractivity contribution in [1.82, 2.24) is 0 Å². The zero-order valence-electron chi connectivity index (χ0n) is 6.52. The zero-order chi connectivity index (χ0) is 8.27. The Balaban J connectivity index is 3.06. The first kappa shape index (κ1) is 8.40. The largest absolute Gasteiger partial charge is 0.495 e. The normalized spacial score (nSPS) is 9.36. The quantitative estimate of drug-likeness (QED) is 0.819. The Labute approximate surface area is 74.7 Å². The lowest BCUT2D eigenvalue weighted by molar-refractivity contribution is 0.416. The molecule has 2 nitrogen and oxygen atoms in total. The Kier molecular flexibility index (Phi) is 2.76. The minimum atomic E-state index is 0.849. The van der Waals surface area contributed by atoms with Crippen LogP contribution in [0.15, 0.2) is 22.7 Å². The van der Waals surface area contributed by atoms with E-state index in [4.69, 9.17) is 4.74 Å². The molecule has 0 aliphatic rings. The third kappa shape index (κ3) is 1.87. The van der Waals surface area contributed by atoms with Gasteiger partial charge in [0, 0.05) is 11.5 Å². The van der Waals surface area contributed by atoms with E-state index < -0.39 is 0 Å². The highest BCUT2D eigenvalue weighted by Crippen LogP contribution is 2.27. The highest BCUT2D eigenvalue weighted by atomic mass is 79.9. The molecular formula is C8H10BrNO. The average molecular weight is 216 g/mol. The molecule has 0 aliphatic heterocycles. The molecule has 11 heavy (non-hydrogen) atoms. The molecular weight excluding hydrogens is 206 g/mol. The van der Waals surface area contributed by atoms with E-state index >= 15 is 0 Å². The highest BCUT2D eigenvalue weighted by Gasteiger charge is 1.99. The maximum Gasteiger partial charge on any atom is 0.143 e. The van der Waals surface area contributed by atoms with E-state index in [1.807, 2.05) is 25.2 Å². The Morgan fingerprint density at radius 1 is 1.45 bits per heavy atom. The van der Waals surface area contributed by atoms with Crippen molar-refractivity contribution in [1.29, 1.82) is 0 Å². The second-order valence-electron chi connectivity index (χ2n) is 2.09. The molecule has 60 valence electrons. The van der Waals surface area contributed by atoms with Crippen molar-refractivity contribution in [3.05, 3.63) is 22.7 Å². The van der Waals surface area contributed by atoms with Crippen LogP contribution in [0.25, 0.3) is 0 Å². The first-order valence-electron chi connectivity index (χ1n) is 3.29. The number of benzene rings is 1. The number of ether oxygens (including phenoxy) is 1. The third-order valence-corrected chi connectivity index (χ3v) is 1.93.